The van der Waals surface area contributed by atoms with Crippen LogP contribution in [-0.2, 0) is 0 Å². The van der Waals surface area contributed by atoms with E-state index in [9.17, 15) is 5.26 Å². The van der Waals surface area contributed by atoms with Crippen LogP contribution in [0.3, 0.4) is 0 Å². The number of nitrogen functional groups attached to an aromatic ring is 1. The van der Waals surface area contributed by atoms with Crippen LogP contribution in [0.4, 0.5) is 5.82 Å². The zero-order chi connectivity index (χ0) is 17.8. The number of hydrogen-bond acceptors (Lipinski definition) is 5. The zero-order valence-electron chi connectivity index (χ0n) is 14.0. The molecule has 3 aromatic rings. The van der Waals surface area contributed by atoms with E-state index in [0.29, 0.717) is 22.8 Å². The highest BCUT2D eigenvalue weighted by atomic mass is 16.5. The maximum absolute atomic E-state index is 9.47. The summed E-state index contributed by atoms with van der Waals surface area (Å²) in [6.45, 7) is 0. The van der Waals surface area contributed by atoms with Crippen LogP contribution in [0.5, 0.6) is 11.5 Å². The molecule has 0 unspecified atom stereocenters. The van der Waals surface area contributed by atoms with Crippen LogP contribution in [0.15, 0.2) is 54.6 Å². The van der Waals surface area contributed by atoms with Gasteiger partial charge in [0.05, 0.1) is 19.9 Å². The summed E-state index contributed by atoms with van der Waals surface area (Å²) < 4.78 is 10.6. The fourth-order valence-corrected chi connectivity index (χ4v) is 2.67. The van der Waals surface area contributed by atoms with Crippen molar-refractivity contribution >= 4 is 5.82 Å². The molecular formula is C20H17N3O2. The highest BCUT2D eigenvalue weighted by Crippen LogP contribution is 2.35. The smallest absolute Gasteiger partial charge is 0.161 e. The molecule has 0 aliphatic rings. The lowest BCUT2D eigenvalue weighted by molar-refractivity contribution is 0.355. The number of nitriles is 1. The van der Waals surface area contributed by atoms with Crippen molar-refractivity contribution in [1.82, 2.24) is 4.98 Å². The van der Waals surface area contributed by atoms with E-state index in [1.807, 2.05) is 54.6 Å². The van der Waals surface area contributed by atoms with Crippen molar-refractivity contribution < 1.29 is 9.47 Å². The Balaban J connectivity index is 2.19. The summed E-state index contributed by atoms with van der Waals surface area (Å²) in [6.07, 6.45) is 0. The Hall–Kier alpha value is -3.52. The average molecular weight is 331 g/mol. The van der Waals surface area contributed by atoms with Gasteiger partial charge in [-0.3, -0.25) is 0 Å². The van der Waals surface area contributed by atoms with E-state index >= 15 is 0 Å². The van der Waals surface area contributed by atoms with Crippen LogP contribution in [0.1, 0.15) is 5.56 Å². The number of rotatable bonds is 4. The molecule has 0 saturated heterocycles. The molecule has 5 nitrogen and oxygen atoms in total. The molecule has 1 heterocycles. The molecule has 0 aliphatic heterocycles. The van der Waals surface area contributed by atoms with Crippen molar-refractivity contribution in [2.24, 2.45) is 0 Å². The second-order valence-electron chi connectivity index (χ2n) is 5.36. The molecule has 0 atom stereocenters. The summed E-state index contributed by atoms with van der Waals surface area (Å²) >= 11 is 0. The average Bonchev–Trinajstić information content (AvgIpc) is 2.67. The largest absolute Gasteiger partial charge is 0.493 e. The number of pyridine rings is 1. The Morgan fingerprint density at radius 1 is 0.920 bits per heavy atom. The van der Waals surface area contributed by atoms with Gasteiger partial charge < -0.3 is 15.2 Å². The van der Waals surface area contributed by atoms with Crippen molar-refractivity contribution in [2.45, 2.75) is 0 Å². The van der Waals surface area contributed by atoms with Crippen LogP contribution in [-0.4, -0.2) is 19.2 Å². The van der Waals surface area contributed by atoms with E-state index in [1.165, 1.54) is 0 Å². The number of nitrogens with two attached hydrogens (primary N) is 1. The molecule has 0 fully saturated rings. The normalized spacial score (nSPS) is 10.1. The number of aromatic nitrogens is 1. The fourth-order valence-electron chi connectivity index (χ4n) is 2.67. The van der Waals surface area contributed by atoms with E-state index in [-0.39, 0.29) is 5.82 Å². The Kier molecular flexibility index (Phi) is 4.53. The van der Waals surface area contributed by atoms with Gasteiger partial charge >= 0.3 is 0 Å². The Morgan fingerprint density at radius 2 is 1.64 bits per heavy atom. The first-order valence-corrected chi connectivity index (χ1v) is 7.66. The van der Waals surface area contributed by atoms with Crippen molar-refractivity contribution in [2.75, 3.05) is 20.0 Å². The third kappa shape index (κ3) is 3.10. The van der Waals surface area contributed by atoms with Crippen molar-refractivity contribution in [3.05, 3.63) is 60.2 Å². The van der Waals surface area contributed by atoms with Crippen molar-refractivity contribution in [1.29, 1.82) is 5.26 Å². The number of ether oxygens (including phenoxy) is 2. The van der Waals surface area contributed by atoms with Gasteiger partial charge in [-0.2, -0.15) is 5.26 Å². The lowest BCUT2D eigenvalue weighted by Gasteiger charge is -2.12. The number of methoxy groups -OCH3 is 2. The summed E-state index contributed by atoms with van der Waals surface area (Å²) in [6, 6.07) is 19.2. The van der Waals surface area contributed by atoms with Crippen molar-refractivity contribution in [3.63, 3.8) is 0 Å². The molecule has 124 valence electrons. The van der Waals surface area contributed by atoms with Gasteiger partial charge in [0.25, 0.3) is 0 Å². The van der Waals surface area contributed by atoms with Crippen LogP contribution < -0.4 is 15.2 Å². The minimum atomic E-state index is 0.202. The number of benzene rings is 2. The van der Waals surface area contributed by atoms with Gasteiger partial charge in [-0.1, -0.05) is 30.3 Å². The van der Waals surface area contributed by atoms with Gasteiger partial charge in [0, 0.05) is 11.1 Å². The summed E-state index contributed by atoms with van der Waals surface area (Å²) in [5.74, 6) is 1.44. The maximum Gasteiger partial charge on any atom is 0.161 e. The summed E-state index contributed by atoms with van der Waals surface area (Å²) in [5, 5.41) is 9.47. The SMILES string of the molecule is COc1ccc(-c2cc(-c3ccccc3)c(C#N)c(N)n2)cc1OC. The molecule has 0 bridgehead atoms. The van der Waals surface area contributed by atoms with E-state index in [2.05, 4.69) is 11.1 Å². The number of nitrogens with zero attached hydrogens (tertiary/aromatic N) is 2. The lowest BCUT2D eigenvalue weighted by atomic mass is 9.98. The monoisotopic (exact) mass is 331 g/mol. The molecular weight excluding hydrogens is 314 g/mol. The molecule has 5 heteroatoms. The highest BCUT2D eigenvalue weighted by molar-refractivity contribution is 5.80. The number of anilines is 1. The molecule has 2 N–H and O–H groups in total. The Labute approximate surface area is 146 Å². The minimum Gasteiger partial charge on any atom is -0.493 e. The van der Waals surface area contributed by atoms with Gasteiger partial charge in [-0.15, -0.1) is 0 Å². The minimum absolute atomic E-state index is 0.202. The van der Waals surface area contributed by atoms with E-state index in [1.54, 1.807) is 14.2 Å². The summed E-state index contributed by atoms with van der Waals surface area (Å²) in [5.41, 5.74) is 9.57. The Morgan fingerprint density at radius 3 is 2.28 bits per heavy atom. The van der Waals surface area contributed by atoms with Crippen LogP contribution in [0.25, 0.3) is 22.4 Å². The van der Waals surface area contributed by atoms with Crippen LogP contribution in [0, 0.1) is 11.3 Å². The highest BCUT2D eigenvalue weighted by Gasteiger charge is 2.14. The quantitative estimate of drug-likeness (QED) is 0.784. The Bertz CT molecular complexity index is 947. The van der Waals surface area contributed by atoms with Gasteiger partial charge in [-0.25, -0.2) is 4.98 Å². The fraction of sp³-hybridized carbons (Fsp3) is 0.100. The molecule has 0 saturated carbocycles. The summed E-state index contributed by atoms with van der Waals surface area (Å²) in [7, 11) is 3.17. The first-order chi connectivity index (χ1) is 12.2. The first kappa shape index (κ1) is 16.3. The standard InChI is InChI=1S/C20H17N3O2/c1-24-18-9-8-14(10-19(18)25-2)17-11-15(13-6-4-3-5-7-13)16(12-21)20(22)23-17/h3-11H,1-2H3,(H2,22,23). The van der Waals surface area contributed by atoms with Crippen molar-refractivity contribution in [3.8, 4) is 40.0 Å². The third-order valence-corrected chi connectivity index (χ3v) is 3.92. The van der Waals surface area contributed by atoms with E-state index in [0.717, 1.165) is 16.7 Å². The molecule has 25 heavy (non-hydrogen) atoms. The third-order valence-electron chi connectivity index (χ3n) is 3.92. The summed E-state index contributed by atoms with van der Waals surface area (Å²) in [4.78, 5) is 4.39. The number of hydrogen-bond donors (Lipinski definition) is 1. The molecule has 1 aromatic heterocycles. The molecule has 0 aliphatic carbocycles. The topological polar surface area (TPSA) is 81.2 Å². The maximum atomic E-state index is 9.47. The van der Waals surface area contributed by atoms with E-state index < -0.39 is 0 Å². The van der Waals surface area contributed by atoms with E-state index in [4.69, 9.17) is 15.2 Å². The van der Waals surface area contributed by atoms with Gasteiger partial charge in [0.1, 0.15) is 17.5 Å². The van der Waals surface area contributed by atoms with Gasteiger partial charge in [0.15, 0.2) is 11.5 Å². The predicted octanol–water partition coefficient (Wildman–Crippen LogP) is 3.89. The van der Waals surface area contributed by atoms with Crippen LogP contribution in [0.2, 0.25) is 0 Å². The lowest BCUT2D eigenvalue weighted by Crippen LogP contribution is -2.00. The molecule has 2 aromatic carbocycles. The first-order valence-electron chi connectivity index (χ1n) is 7.66. The zero-order valence-corrected chi connectivity index (χ0v) is 14.0. The van der Waals surface area contributed by atoms with Gasteiger partial charge in [0.2, 0.25) is 0 Å². The molecule has 0 radical (unpaired) electrons. The van der Waals surface area contributed by atoms with Gasteiger partial charge in [-0.05, 0) is 29.8 Å². The molecule has 3 rings (SSSR count). The molecule has 0 amide bonds. The predicted molar refractivity (Wildman–Crippen MR) is 97.3 cm³/mol. The molecule has 0 spiro atoms. The second kappa shape index (κ2) is 6.93. The second-order valence-corrected chi connectivity index (χ2v) is 5.36. The van der Waals surface area contributed by atoms with Crippen LogP contribution >= 0.6 is 0 Å².